The number of hydrogen-bond donors (Lipinski definition) is 2. The zero-order chi connectivity index (χ0) is 25.5. The summed E-state index contributed by atoms with van der Waals surface area (Å²) >= 11 is 3.64. The number of anilines is 4. The summed E-state index contributed by atoms with van der Waals surface area (Å²) in [5.74, 6) is 0.659. The monoisotopic (exact) mass is 518 g/mol. The molecule has 5 aromatic rings. The van der Waals surface area contributed by atoms with Gasteiger partial charge in [0.2, 0.25) is 0 Å². The number of fused-ring (bicyclic) bond motifs is 4. The van der Waals surface area contributed by atoms with Gasteiger partial charge < -0.3 is 10.6 Å². The molecular formula is C33H30N2S2. The summed E-state index contributed by atoms with van der Waals surface area (Å²) in [5, 5.41) is 6.84. The SMILES string of the molecule is CC(C)c1ccccc1.c1ccc2c(c1)Nc1ccccc1S2.c1ccc2c(c1)Nc1ccccc1S2. The van der Waals surface area contributed by atoms with Crippen molar-refractivity contribution in [1.29, 1.82) is 0 Å². The first-order chi connectivity index (χ1) is 18.2. The predicted octanol–water partition coefficient (Wildman–Crippen LogP) is 10.6. The molecule has 7 rings (SSSR count). The second kappa shape index (κ2) is 12.1. The van der Waals surface area contributed by atoms with E-state index in [0.717, 1.165) is 0 Å². The van der Waals surface area contributed by atoms with Crippen LogP contribution in [0.3, 0.4) is 0 Å². The standard InChI is InChI=1S/2C12H9NS.C9H12/c2*1-3-7-11-9(5-1)13-10-6-2-4-8-12(10)14-11;1-8(2)9-6-4-3-5-7-9/h2*1-8,13H;3-8H,1-2H3. The average molecular weight is 519 g/mol. The summed E-state index contributed by atoms with van der Waals surface area (Å²) in [6, 6.07) is 44.0. The molecule has 0 bridgehead atoms. The van der Waals surface area contributed by atoms with Gasteiger partial charge in [0.25, 0.3) is 0 Å². The van der Waals surface area contributed by atoms with Crippen LogP contribution in [0.1, 0.15) is 25.3 Å². The first-order valence-corrected chi connectivity index (χ1v) is 14.1. The summed E-state index contributed by atoms with van der Waals surface area (Å²) in [7, 11) is 0. The minimum atomic E-state index is 0.659. The molecular weight excluding hydrogens is 489 g/mol. The van der Waals surface area contributed by atoms with Crippen molar-refractivity contribution in [1.82, 2.24) is 0 Å². The summed E-state index contributed by atoms with van der Waals surface area (Å²) in [4.78, 5) is 5.19. The minimum Gasteiger partial charge on any atom is -0.354 e. The Hall–Kier alpha value is -3.60. The van der Waals surface area contributed by atoms with E-state index >= 15 is 0 Å². The second-order valence-electron chi connectivity index (χ2n) is 9.00. The highest BCUT2D eigenvalue weighted by Gasteiger charge is 2.14. The first-order valence-electron chi connectivity index (χ1n) is 12.5. The molecule has 0 fully saturated rings. The van der Waals surface area contributed by atoms with Crippen molar-refractivity contribution in [2.45, 2.75) is 39.3 Å². The van der Waals surface area contributed by atoms with Gasteiger partial charge in [-0.05, 0) is 60.0 Å². The fraction of sp³-hybridized carbons (Fsp3) is 0.0909. The molecule has 0 aliphatic carbocycles. The van der Waals surface area contributed by atoms with Crippen LogP contribution in [0, 0.1) is 0 Å². The molecule has 0 saturated carbocycles. The Labute approximate surface area is 228 Å². The van der Waals surface area contributed by atoms with E-state index in [9.17, 15) is 0 Å². The summed E-state index contributed by atoms with van der Waals surface area (Å²) in [6.07, 6.45) is 0. The molecule has 0 radical (unpaired) electrons. The maximum atomic E-state index is 3.42. The summed E-state index contributed by atoms with van der Waals surface area (Å²) < 4.78 is 0. The van der Waals surface area contributed by atoms with E-state index in [2.05, 4.69) is 146 Å². The van der Waals surface area contributed by atoms with Gasteiger partial charge in [0.05, 0.1) is 22.7 Å². The van der Waals surface area contributed by atoms with Crippen LogP contribution < -0.4 is 10.6 Å². The molecule has 5 aromatic carbocycles. The molecule has 0 spiro atoms. The molecule has 0 atom stereocenters. The topological polar surface area (TPSA) is 24.1 Å². The average Bonchev–Trinajstić information content (AvgIpc) is 2.96. The normalized spacial score (nSPS) is 12.0. The zero-order valence-electron chi connectivity index (χ0n) is 21.0. The Balaban J connectivity index is 0.000000117. The van der Waals surface area contributed by atoms with Gasteiger partial charge in [-0.3, -0.25) is 0 Å². The van der Waals surface area contributed by atoms with Crippen LogP contribution in [0.15, 0.2) is 147 Å². The van der Waals surface area contributed by atoms with Crippen molar-refractivity contribution in [2.24, 2.45) is 0 Å². The van der Waals surface area contributed by atoms with Gasteiger partial charge >= 0.3 is 0 Å². The molecule has 4 heteroatoms. The minimum absolute atomic E-state index is 0.659. The highest BCUT2D eigenvalue weighted by molar-refractivity contribution is 8.00. The zero-order valence-corrected chi connectivity index (χ0v) is 22.7. The highest BCUT2D eigenvalue weighted by Crippen LogP contribution is 2.44. The van der Waals surface area contributed by atoms with Crippen LogP contribution in [0.5, 0.6) is 0 Å². The van der Waals surface area contributed by atoms with E-state index in [1.165, 1.54) is 47.9 Å². The van der Waals surface area contributed by atoms with Crippen LogP contribution in [0.2, 0.25) is 0 Å². The Kier molecular flexibility index (Phi) is 8.19. The molecule has 184 valence electrons. The predicted molar refractivity (Wildman–Crippen MR) is 161 cm³/mol. The fourth-order valence-corrected chi connectivity index (χ4v) is 5.98. The van der Waals surface area contributed by atoms with Crippen LogP contribution in [0.25, 0.3) is 0 Å². The molecule has 37 heavy (non-hydrogen) atoms. The van der Waals surface area contributed by atoms with Crippen LogP contribution in [-0.4, -0.2) is 0 Å². The van der Waals surface area contributed by atoms with Gasteiger partial charge in [-0.15, -0.1) is 0 Å². The molecule has 2 aliphatic heterocycles. The Morgan fingerprint density at radius 1 is 0.405 bits per heavy atom. The number of nitrogens with one attached hydrogen (secondary N) is 2. The van der Waals surface area contributed by atoms with Gasteiger partial charge in [-0.1, -0.05) is 116 Å². The smallest absolute Gasteiger partial charge is 0.0526 e. The third kappa shape index (κ3) is 6.40. The van der Waals surface area contributed by atoms with Gasteiger partial charge in [0, 0.05) is 19.6 Å². The third-order valence-corrected chi connectivity index (χ3v) is 8.30. The van der Waals surface area contributed by atoms with E-state index in [-0.39, 0.29) is 0 Å². The Morgan fingerprint density at radius 2 is 0.703 bits per heavy atom. The Bertz CT molecular complexity index is 1200. The van der Waals surface area contributed by atoms with Crippen LogP contribution in [-0.2, 0) is 0 Å². The summed E-state index contributed by atoms with van der Waals surface area (Å²) in [6.45, 7) is 4.41. The molecule has 2 nitrogen and oxygen atoms in total. The molecule has 0 aromatic heterocycles. The van der Waals surface area contributed by atoms with Crippen molar-refractivity contribution in [3.8, 4) is 0 Å². The fourth-order valence-electron chi connectivity index (χ4n) is 4.00. The maximum Gasteiger partial charge on any atom is 0.0526 e. The molecule has 2 aliphatic rings. The van der Waals surface area contributed by atoms with E-state index in [0.29, 0.717) is 5.92 Å². The van der Waals surface area contributed by atoms with Gasteiger partial charge in [-0.2, -0.15) is 0 Å². The molecule has 2 heterocycles. The molecule has 0 saturated heterocycles. The van der Waals surface area contributed by atoms with Crippen LogP contribution >= 0.6 is 23.5 Å². The molecule has 2 N–H and O–H groups in total. The number of para-hydroxylation sites is 4. The first kappa shape index (κ1) is 25.1. The number of hydrogen-bond acceptors (Lipinski definition) is 4. The van der Waals surface area contributed by atoms with Gasteiger partial charge in [0.1, 0.15) is 0 Å². The van der Waals surface area contributed by atoms with Crippen molar-refractivity contribution in [3.63, 3.8) is 0 Å². The van der Waals surface area contributed by atoms with Crippen LogP contribution in [0.4, 0.5) is 22.7 Å². The van der Waals surface area contributed by atoms with Crippen molar-refractivity contribution < 1.29 is 0 Å². The highest BCUT2D eigenvalue weighted by atomic mass is 32.2. The number of rotatable bonds is 1. The lowest BCUT2D eigenvalue weighted by Gasteiger charge is -2.19. The van der Waals surface area contributed by atoms with E-state index < -0.39 is 0 Å². The number of benzene rings is 5. The lowest BCUT2D eigenvalue weighted by molar-refractivity contribution is 0.867. The lowest BCUT2D eigenvalue weighted by Crippen LogP contribution is -1.98. The lowest BCUT2D eigenvalue weighted by atomic mass is 10.0. The van der Waals surface area contributed by atoms with Gasteiger partial charge in [-0.25, -0.2) is 0 Å². The third-order valence-electron chi connectivity index (χ3n) is 5.99. The van der Waals surface area contributed by atoms with Crippen molar-refractivity contribution in [2.75, 3.05) is 10.6 Å². The van der Waals surface area contributed by atoms with Gasteiger partial charge in [0.15, 0.2) is 0 Å². The van der Waals surface area contributed by atoms with E-state index in [4.69, 9.17) is 0 Å². The van der Waals surface area contributed by atoms with E-state index in [1.807, 2.05) is 29.6 Å². The quantitative estimate of drug-likeness (QED) is 0.226. The van der Waals surface area contributed by atoms with Crippen molar-refractivity contribution in [3.05, 3.63) is 133 Å². The maximum absolute atomic E-state index is 3.42. The van der Waals surface area contributed by atoms with E-state index in [1.54, 1.807) is 0 Å². The Morgan fingerprint density at radius 3 is 1.00 bits per heavy atom. The summed E-state index contributed by atoms with van der Waals surface area (Å²) in [5.41, 5.74) is 6.23. The molecule has 0 amide bonds. The second-order valence-corrected chi connectivity index (χ2v) is 11.2. The largest absolute Gasteiger partial charge is 0.354 e. The molecule has 0 unspecified atom stereocenters. The van der Waals surface area contributed by atoms with Crippen molar-refractivity contribution >= 4 is 46.3 Å².